The lowest BCUT2D eigenvalue weighted by atomic mass is 10.2. The molecule has 0 unspecified atom stereocenters. The molecule has 0 atom stereocenters. The maximum absolute atomic E-state index is 12.7. The van der Waals surface area contributed by atoms with Gasteiger partial charge in [0.1, 0.15) is 23.6 Å². The van der Waals surface area contributed by atoms with E-state index in [2.05, 4.69) is 25.7 Å². The first-order valence-electron chi connectivity index (χ1n) is 10.3. The van der Waals surface area contributed by atoms with Gasteiger partial charge in [-0.2, -0.15) is 5.10 Å². The van der Waals surface area contributed by atoms with E-state index in [1.54, 1.807) is 16.8 Å². The molecule has 162 valence electrons. The molecule has 8 heteroatoms. The minimum atomic E-state index is -0.204. The third-order valence-corrected chi connectivity index (χ3v) is 4.70. The quantitative estimate of drug-likeness (QED) is 0.413. The molecular weight excluding hydrogens is 404 g/mol. The maximum Gasteiger partial charge on any atom is 0.255 e. The second-order valence-electron chi connectivity index (χ2n) is 7.19. The van der Waals surface area contributed by atoms with Crippen molar-refractivity contribution in [2.45, 2.75) is 13.8 Å². The Hall–Kier alpha value is -4.20. The van der Waals surface area contributed by atoms with E-state index in [0.29, 0.717) is 41.8 Å². The van der Waals surface area contributed by atoms with Gasteiger partial charge in [-0.05, 0) is 44.2 Å². The molecule has 4 aromatic rings. The van der Waals surface area contributed by atoms with E-state index in [9.17, 15) is 4.79 Å². The molecule has 2 heterocycles. The smallest absolute Gasteiger partial charge is 0.255 e. The Bertz CT molecular complexity index is 1210. The zero-order valence-electron chi connectivity index (χ0n) is 17.9. The van der Waals surface area contributed by atoms with Crippen LogP contribution in [-0.2, 0) is 0 Å². The summed E-state index contributed by atoms with van der Waals surface area (Å²) < 4.78 is 7.64. The van der Waals surface area contributed by atoms with Crippen LogP contribution in [0.5, 0.6) is 11.5 Å². The second kappa shape index (κ2) is 9.74. The number of nitrogens with one attached hydrogen (secondary N) is 2. The summed E-state index contributed by atoms with van der Waals surface area (Å²) in [5.41, 5.74) is 2.40. The van der Waals surface area contributed by atoms with Gasteiger partial charge >= 0.3 is 0 Å². The van der Waals surface area contributed by atoms with Gasteiger partial charge in [0.05, 0.1) is 11.3 Å². The van der Waals surface area contributed by atoms with Crippen molar-refractivity contribution in [1.29, 1.82) is 0 Å². The van der Waals surface area contributed by atoms with Crippen molar-refractivity contribution in [3.8, 4) is 17.3 Å². The monoisotopic (exact) mass is 428 g/mol. The number of amides is 1. The number of rotatable bonds is 8. The molecule has 0 saturated carbocycles. The molecule has 0 fully saturated rings. The van der Waals surface area contributed by atoms with Gasteiger partial charge in [0, 0.05) is 24.8 Å². The van der Waals surface area contributed by atoms with Crippen LogP contribution in [0.4, 0.5) is 5.82 Å². The van der Waals surface area contributed by atoms with Crippen molar-refractivity contribution in [3.05, 3.63) is 90.0 Å². The molecule has 0 aliphatic rings. The van der Waals surface area contributed by atoms with E-state index in [1.165, 1.54) is 6.33 Å². The topological polar surface area (TPSA) is 94.0 Å². The first-order chi connectivity index (χ1) is 15.6. The van der Waals surface area contributed by atoms with Gasteiger partial charge in [0.25, 0.3) is 5.91 Å². The van der Waals surface area contributed by atoms with Crippen LogP contribution >= 0.6 is 0 Å². The highest BCUT2D eigenvalue weighted by atomic mass is 16.5. The summed E-state index contributed by atoms with van der Waals surface area (Å²) in [6.07, 6.45) is 1.49. The number of anilines is 1. The third-order valence-electron chi connectivity index (χ3n) is 4.70. The molecule has 8 nitrogen and oxygen atoms in total. The fourth-order valence-corrected chi connectivity index (χ4v) is 3.24. The van der Waals surface area contributed by atoms with Crippen LogP contribution in [0.2, 0.25) is 0 Å². The van der Waals surface area contributed by atoms with E-state index in [0.717, 1.165) is 11.4 Å². The first kappa shape index (κ1) is 21.0. The van der Waals surface area contributed by atoms with Crippen molar-refractivity contribution in [3.63, 3.8) is 0 Å². The SMILES string of the molecule is Cc1cc(C)n(-c2cc(NCCNC(=O)c3ccccc3Oc3ccccc3)ncn2)n1. The fraction of sp³-hybridized carbons (Fsp3) is 0.167. The molecule has 0 aliphatic heterocycles. The molecule has 2 aromatic carbocycles. The zero-order valence-corrected chi connectivity index (χ0v) is 17.9. The summed E-state index contributed by atoms with van der Waals surface area (Å²) in [6, 6.07) is 20.4. The van der Waals surface area contributed by atoms with Crippen molar-refractivity contribution in [1.82, 2.24) is 25.1 Å². The Morgan fingerprint density at radius 3 is 2.53 bits per heavy atom. The normalized spacial score (nSPS) is 10.6. The standard InChI is InChI=1S/C24H24N6O2/c1-17-14-18(2)30(29-17)23-15-22(27-16-28-23)25-12-13-26-24(31)20-10-6-7-11-21(20)32-19-8-4-3-5-9-19/h3-11,14-16H,12-13H2,1-2H3,(H,26,31)(H,25,27,28). The third kappa shape index (κ3) is 5.10. The lowest BCUT2D eigenvalue weighted by molar-refractivity contribution is 0.0953. The molecule has 0 radical (unpaired) electrons. The predicted octanol–water partition coefficient (Wildman–Crippen LogP) is 3.91. The van der Waals surface area contributed by atoms with Gasteiger partial charge in [0.15, 0.2) is 5.82 Å². The minimum Gasteiger partial charge on any atom is -0.457 e. The van der Waals surface area contributed by atoms with Gasteiger partial charge < -0.3 is 15.4 Å². The maximum atomic E-state index is 12.7. The molecule has 2 N–H and O–H groups in total. The highest BCUT2D eigenvalue weighted by Crippen LogP contribution is 2.24. The molecular formula is C24H24N6O2. The number of para-hydroxylation sites is 2. The number of hydrogen-bond acceptors (Lipinski definition) is 6. The molecule has 32 heavy (non-hydrogen) atoms. The summed E-state index contributed by atoms with van der Waals surface area (Å²) in [4.78, 5) is 21.2. The van der Waals surface area contributed by atoms with Gasteiger partial charge in [-0.15, -0.1) is 0 Å². The molecule has 0 bridgehead atoms. The first-order valence-corrected chi connectivity index (χ1v) is 10.3. The lowest BCUT2D eigenvalue weighted by Crippen LogP contribution is -2.29. The molecule has 0 saturated heterocycles. The Kier molecular flexibility index (Phi) is 6.41. The van der Waals surface area contributed by atoms with Crippen LogP contribution in [0, 0.1) is 13.8 Å². The minimum absolute atomic E-state index is 0.204. The van der Waals surface area contributed by atoms with Crippen molar-refractivity contribution in [2.75, 3.05) is 18.4 Å². The molecule has 1 amide bonds. The summed E-state index contributed by atoms with van der Waals surface area (Å²) in [7, 11) is 0. The van der Waals surface area contributed by atoms with E-state index in [-0.39, 0.29) is 5.91 Å². The number of carbonyl (C=O) groups excluding carboxylic acids is 1. The predicted molar refractivity (Wildman–Crippen MR) is 122 cm³/mol. The largest absolute Gasteiger partial charge is 0.457 e. The van der Waals surface area contributed by atoms with Crippen LogP contribution in [0.1, 0.15) is 21.7 Å². The Morgan fingerprint density at radius 1 is 0.969 bits per heavy atom. The fourth-order valence-electron chi connectivity index (χ4n) is 3.24. The van der Waals surface area contributed by atoms with Crippen molar-refractivity contribution < 1.29 is 9.53 Å². The highest BCUT2D eigenvalue weighted by molar-refractivity contribution is 5.97. The number of benzene rings is 2. The number of carbonyl (C=O) groups is 1. The molecule has 0 aliphatic carbocycles. The second-order valence-corrected chi connectivity index (χ2v) is 7.19. The van der Waals surface area contributed by atoms with Crippen molar-refractivity contribution >= 4 is 11.7 Å². The molecule has 2 aromatic heterocycles. The van der Waals surface area contributed by atoms with Gasteiger partial charge in [-0.1, -0.05) is 30.3 Å². The highest BCUT2D eigenvalue weighted by Gasteiger charge is 2.12. The Morgan fingerprint density at radius 2 is 1.75 bits per heavy atom. The average Bonchev–Trinajstić information content (AvgIpc) is 3.16. The molecule has 4 rings (SSSR count). The van der Waals surface area contributed by atoms with Crippen LogP contribution < -0.4 is 15.4 Å². The van der Waals surface area contributed by atoms with Crippen molar-refractivity contribution in [2.24, 2.45) is 0 Å². The van der Waals surface area contributed by atoms with E-state index in [4.69, 9.17) is 4.74 Å². The lowest BCUT2D eigenvalue weighted by Gasteiger charge is -2.12. The van der Waals surface area contributed by atoms with Crippen LogP contribution in [0.15, 0.2) is 73.1 Å². The Labute approximate surface area is 186 Å². The number of aromatic nitrogens is 4. The number of nitrogens with zero attached hydrogens (tertiary/aromatic N) is 4. The number of hydrogen-bond donors (Lipinski definition) is 2. The number of aryl methyl sites for hydroxylation is 2. The zero-order chi connectivity index (χ0) is 22.3. The van der Waals surface area contributed by atoms with Gasteiger partial charge in [0.2, 0.25) is 0 Å². The van der Waals surface area contributed by atoms with E-state index in [1.807, 2.05) is 68.4 Å². The van der Waals surface area contributed by atoms with Crippen LogP contribution in [-0.4, -0.2) is 38.7 Å². The van der Waals surface area contributed by atoms with Gasteiger partial charge in [-0.3, -0.25) is 4.79 Å². The summed E-state index contributed by atoms with van der Waals surface area (Å²) in [5.74, 6) is 2.32. The summed E-state index contributed by atoms with van der Waals surface area (Å²) in [5, 5.41) is 10.6. The number of ether oxygens (including phenoxy) is 1. The average molecular weight is 428 g/mol. The van der Waals surface area contributed by atoms with Gasteiger partial charge in [-0.25, -0.2) is 14.6 Å². The van der Waals surface area contributed by atoms with E-state index < -0.39 is 0 Å². The Balaban J connectivity index is 1.33. The van der Waals surface area contributed by atoms with Crippen LogP contribution in [0.3, 0.4) is 0 Å². The van der Waals surface area contributed by atoms with Crippen LogP contribution in [0.25, 0.3) is 5.82 Å². The summed E-state index contributed by atoms with van der Waals surface area (Å²) >= 11 is 0. The van der Waals surface area contributed by atoms with E-state index >= 15 is 0 Å². The molecule has 0 spiro atoms. The summed E-state index contributed by atoms with van der Waals surface area (Å²) in [6.45, 7) is 4.83.